The molecule has 6 heteroatoms. The molecule has 2 aromatic rings. The Hall–Kier alpha value is -2.34. The van der Waals surface area contributed by atoms with Gasteiger partial charge in [0.1, 0.15) is 5.76 Å². The first-order valence-corrected chi connectivity index (χ1v) is 6.20. The highest BCUT2D eigenvalue weighted by Gasteiger charge is 2.14. The molecule has 20 heavy (non-hydrogen) atoms. The number of carbonyl (C=O) groups excluding carboxylic acids is 1. The van der Waals surface area contributed by atoms with Crippen molar-refractivity contribution < 1.29 is 19.2 Å². The van der Waals surface area contributed by atoms with E-state index in [1.54, 1.807) is 13.0 Å². The third kappa shape index (κ3) is 3.83. The molecule has 0 aliphatic carbocycles. The minimum absolute atomic E-state index is 0.182. The molecule has 2 N–H and O–H groups in total. The molecule has 106 valence electrons. The molecular formula is C14H16N2O4. The quantitative estimate of drug-likeness (QED) is 0.828. The second kappa shape index (κ2) is 6.72. The van der Waals surface area contributed by atoms with Crippen molar-refractivity contribution in [3.63, 3.8) is 0 Å². The van der Waals surface area contributed by atoms with Crippen molar-refractivity contribution in [2.45, 2.75) is 13.0 Å². The molecule has 1 aromatic carbocycles. The van der Waals surface area contributed by atoms with Gasteiger partial charge in [-0.05, 0) is 17.6 Å². The zero-order valence-electron chi connectivity index (χ0n) is 11.1. The average Bonchev–Trinajstić information content (AvgIpc) is 2.89. The smallest absolute Gasteiger partial charge is 0.258 e. The fraction of sp³-hybridized carbons (Fsp3) is 0.286. The Morgan fingerprint density at radius 3 is 2.80 bits per heavy atom. The summed E-state index contributed by atoms with van der Waals surface area (Å²) in [5, 5.41) is 15.6. The number of aryl methyl sites for hydroxylation is 1. The second-order valence-electron chi connectivity index (χ2n) is 4.28. The van der Waals surface area contributed by atoms with Gasteiger partial charge in [0, 0.05) is 6.07 Å². The van der Waals surface area contributed by atoms with Crippen molar-refractivity contribution in [1.82, 2.24) is 10.5 Å². The van der Waals surface area contributed by atoms with Gasteiger partial charge in [0.05, 0.1) is 12.6 Å². The number of hydrogen-bond acceptors (Lipinski definition) is 5. The molecule has 0 aliphatic heterocycles. The summed E-state index contributed by atoms with van der Waals surface area (Å²) in [7, 11) is 0. The fourth-order valence-electron chi connectivity index (χ4n) is 1.71. The molecule has 1 heterocycles. The summed E-state index contributed by atoms with van der Waals surface area (Å²) in [4.78, 5) is 11.8. The lowest BCUT2D eigenvalue weighted by molar-refractivity contribution is -0.124. The first kappa shape index (κ1) is 14.1. The number of nitrogens with zero attached hydrogens (tertiary/aromatic N) is 1. The Balaban J connectivity index is 1.86. The first-order chi connectivity index (χ1) is 9.69. The number of ether oxygens (including phenoxy) is 1. The summed E-state index contributed by atoms with van der Waals surface area (Å²) >= 11 is 0. The predicted octanol–water partition coefficient (Wildman–Crippen LogP) is 1.21. The van der Waals surface area contributed by atoms with Gasteiger partial charge in [-0.1, -0.05) is 30.3 Å². The molecule has 6 nitrogen and oxygen atoms in total. The lowest BCUT2D eigenvalue weighted by Crippen LogP contribution is -2.34. The summed E-state index contributed by atoms with van der Waals surface area (Å²) in [6.45, 7) is 1.37. The standard InChI is InChI=1S/C14H16N2O4/c1-10-7-14(16-20-10)19-9-13(18)15-12(8-17)11-5-3-2-4-6-11/h2-7,12,17H,8-9H2,1H3,(H,15,18)/t12-/m0/s1. The van der Waals surface area contributed by atoms with Crippen LogP contribution in [-0.2, 0) is 4.79 Å². The average molecular weight is 276 g/mol. The van der Waals surface area contributed by atoms with Gasteiger partial charge in [-0.3, -0.25) is 4.79 Å². The number of rotatable bonds is 6. The minimum atomic E-state index is -0.452. The van der Waals surface area contributed by atoms with Crippen molar-refractivity contribution in [2.75, 3.05) is 13.2 Å². The highest BCUT2D eigenvalue weighted by molar-refractivity contribution is 5.78. The largest absolute Gasteiger partial charge is 0.465 e. The van der Waals surface area contributed by atoms with Crippen LogP contribution in [-0.4, -0.2) is 29.4 Å². The maximum atomic E-state index is 11.8. The Bertz CT molecular complexity index is 553. The fourth-order valence-corrected chi connectivity index (χ4v) is 1.71. The van der Waals surface area contributed by atoms with E-state index < -0.39 is 6.04 Å². The zero-order chi connectivity index (χ0) is 14.4. The Morgan fingerprint density at radius 1 is 1.45 bits per heavy atom. The number of amides is 1. The number of aromatic nitrogens is 1. The molecule has 2 rings (SSSR count). The van der Waals surface area contributed by atoms with Gasteiger partial charge in [-0.25, -0.2) is 0 Å². The van der Waals surface area contributed by atoms with E-state index >= 15 is 0 Å². The van der Waals surface area contributed by atoms with E-state index in [1.807, 2.05) is 30.3 Å². The Morgan fingerprint density at radius 2 is 2.20 bits per heavy atom. The van der Waals surface area contributed by atoms with Gasteiger partial charge in [0.2, 0.25) is 0 Å². The first-order valence-electron chi connectivity index (χ1n) is 6.20. The molecule has 0 aliphatic rings. The lowest BCUT2D eigenvalue weighted by atomic mass is 10.1. The van der Waals surface area contributed by atoms with Gasteiger partial charge in [-0.2, -0.15) is 0 Å². The Kier molecular flexibility index (Phi) is 4.73. The van der Waals surface area contributed by atoms with Crippen LogP contribution in [0.5, 0.6) is 5.88 Å². The van der Waals surface area contributed by atoms with Crippen LogP contribution in [0.25, 0.3) is 0 Å². The highest BCUT2D eigenvalue weighted by Crippen LogP contribution is 2.12. The van der Waals surface area contributed by atoms with Gasteiger partial charge in [0.15, 0.2) is 6.61 Å². The molecule has 0 fully saturated rings. The minimum Gasteiger partial charge on any atom is -0.465 e. The van der Waals surface area contributed by atoms with E-state index in [0.717, 1.165) is 5.56 Å². The van der Waals surface area contributed by atoms with Crippen LogP contribution in [0.2, 0.25) is 0 Å². The van der Waals surface area contributed by atoms with E-state index in [1.165, 1.54) is 0 Å². The zero-order valence-corrected chi connectivity index (χ0v) is 11.1. The number of aliphatic hydroxyl groups is 1. The summed E-state index contributed by atoms with van der Waals surface area (Å²) in [6.07, 6.45) is 0. The van der Waals surface area contributed by atoms with Crippen LogP contribution in [0.15, 0.2) is 40.9 Å². The number of nitrogens with one attached hydrogen (secondary N) is 1. The van der Waals surface area contributed by atoms with Gasteiger partial charge in [0.25, 0.3) is 11.8 Å². The van der Waals surface area contributed by atoms with Crippen molar-refractivity contribution in [2.24, 2.45) is 0 Å². The number of benzene rings is 1. The predicted molar refractivity (Wildman–Crippen MR) is 71.1 cm³/mol. The molecule has 0 saturated heterocycles. The van der Waals surface area contributed by atoms with Crippen LogP contribution in [0.4, 0.5) is 0 Å². The second-order valence-corrected chi connectivity index (χ2v) is 4.28. The van der Waals surface area contributed by atoms with Gasteiger partial charge >= 0.3 is 0 Å². The van der Waals surface area contributed by atoms with E-state index in [2.05, 4.69) is 10.5 Å². The SMILES string of the molecule is Cc1cc(OCC(=O)N[C@@H](CO)c2ccccc2)no1. The maximum absolute atomic E-state index is 11.8. The van der Waals surface area contributed by atoms with E-state index in [0.29, 0.717) is 5.76 Å². The third-order valence-electron chi connectivity index (χ3n) is 2.68. The van der Waals surface area contributed by atoms with Crippen LogP contribution in [0.3, 0.4) is 0 Å². The van der Waals surface area contributed by atoms with Crippen LogP contribution < -0.4 is 10.1 Å². The maximum Gasteiger partial charge on any atom is 0.258 e. The van der Waals surface area contributed by atoms with Crippen LogP contribution in [0.1, 0.15) is 17.4 Å². The molecule has 0 radical (unpaired) electrons. The molecule has 0 unspecified atom stereocenters. The lowest BCUT2D eigenvalue weighted by Gasteiger charge is -2.16. The summed E-state index contributed by atoms with van der Waals surface area (Å²) in [5.74, 6) is 0.532. The summed E-state index contributed by atoms with van der Waals surface area (Å²) < 4.78 is 9.99. The highest BCUT2D eigenvalue weighted by atomic mass is 16.5. The number of hydrogen-bond donors (Lipinski definition) is 2. The molecule has 0 bridgehead atoms. The van der Waals surface area contributed by atoms with E-state index in [9.17, 15) is 9.90 Å². The van der Waals surface area contributed by atoms with Crippen molar-refractivity contribution in [3.05, 3.63) is 47.7 Å². The van der Waals surface area contributed by atoms with Crippen molar-refractivity contribution in [1.29, 1.82) is 0 Å². The number of aliphatic hydroxyl groups excluding tert-OH is 1. The van der Waals surface area contributed by atoms with Gasteiger partial charge < -0.3 is 19.7 Å². The van der Waals surface area contributed by atoms with E-state index in [4.69, 9.17) is 9.26 Å². The van der Waals surface area contributed by atoms with Crippen LogP contribution in [0, 0.1) is 6.92 Å². The summed E-state index contributed by atoms with van der Waals surface area (Å²) in [6, 6.07) is 10.4. The summed E-state index contributed by atoms with van der Waals surface area (Å²) in [5.41, 5.74) is 0.834. The Labute approximate surface area is 116 Å². The monoisotopic (exact) mass is 276 g/mol. The van der Waals surface area contributed by atoms with E-state index in [-0.39, 0.29) is 25.0 Å². The van der Waals surface area contributed by atoms with Gasteiger partial charge in [-0.15, -0.1) is 0 Å². The third-order valence-corrected chi connectivity index (χ3v) is 2.68. The molecule has 1 amide bonds. The van der Waals surface area contributed by atoms with Crippen LogP contribution >= 0.6 is 0 Å². The van der Waals surface area contributed by atoms with Crippen molar-refractivity contribution in [3.8, 4) is 5.88 Å². The normalized spacial score (nSPS) is 11.9. The molecule has 0 spiro atoms. The van der Waals surface area contributed by atoms with Crippen molar-refractivity contribution >= 4 is 5.91 Å². The number of carbonyl (C=O) groups is 1. The molecular weight excluding hydrogens is 260 g/mol. The topological polar surface area (TPSA) is 84.6 Å². The molecule has 0 saturated carbocycles. The molecule has 1 aromatic heterocycles. The molecule has 1 atom stereocenters.